The maximum atomic E-state index is 13.3. The van der Waals surface area contributed by atoms with Crippen LogP contribution in [0.15, 0.2) is 66.9 Å². The largest absolute Gasteiger partial charge is 0.524 e. The molecule has 2 atom stereocenters. The highest BCUT2D eigenvalue weighted by Gasteiger charge is 2.47. The number of carbonyl (C=O) groups is 2. The summed E-state index contributed by atoms with van der Waals surface area (Å²) in [5.74, 6) is -0.626. The fourth-order valence-electron chi connectivity index (χ4n) is 4.53. The molecule has 1 aromatic carbocycles. The fraction of sp³-hybridized carbons (Fsp3) is 0.400. The van der Waals surface area contributed by atoms with Crippen LogP contribution in [0.4, 0.5) is 13.2 Å². The van der Waals surface area contributed by atoms with E-state index in [9.17, 15) is 22.8 Å². The second-order valence-electron chi connectivity index (χ2n) is 8.73. The lowest BCUT2D eigenvalue weighted by Crippen LogP contribution is -2.52. The highest BCUT2D eigenvalue weighted by atomic mass is 35.5. The first-order valence-electron chi connectivity index (χ1n) is 11.6. The summed E-state index contributed by atoms with van der Waals surface area (Å²) in [4.78, 5) is 31.6. The Morgan fingerprint density at radius 1 is 1.19 bits per heavy atom. The van der Waals surface area contributed by atoms with Crippen LogP contribution in [0, 0.1) is 0 Å². The number of nitrogens with one attached hydrogen (secondary N) is 1. The smallest absolute Gasteiger partial charge is 0.337 e. The molecular formula is C25H26ClF3N4O3. The second-order valence-corrected chi connectivity index (χ2v) is 9.34. The third-order valence-corrected chi connectivity index (χ3v) is 6.60. The maximum Gasteiger partial charge on any atom is 0.524 e. The molecule has 0 radical (unpaired) electrons. The highest BCUT2D eigenvalue weighted by molar-refractivity contribution is 6.29. The molecule has 1 saturated heterocycles. The van der Waals surface area contributed by atoms with E-state index in [0.29, 0.717) is 25.1 Å². The average molecular weight is 523 g/mol. The number of aryl methyl sites for hydroxylation is 1. The molecule has 2 aliphatic rings. The van der Waals surface area contributed by atoms with E-state index in [2.05, 4.69) is 15.0 Å². The summed E-state index contributed by atoms with van der Waals surface area (Å²) < 4.78 is 46.0. The Balaban J connectivity index is 1.49. The van der Waals surface area contributed by atoms with Gasteiger partial charge in [-0.05, 0) is 30.9 Å². The average Bonchev–Trinajstić information content (AvgIpc) is 3.35. The number of alkyl halides is 4. The van der Waals surface area contributed by atoms with Crippen LogP contribution in [0.5, 0.6) is 0 Å². The van der Waals surface area contributed by atoms with Crippen LogP contribution in [0.2, 0.25) is 0 Å². The molecule has 2 heterocycles. The zero-order valence-electron chi connectivity index (χ0n) is 19.4. The predicted octanol–water partition coefficient (Wildman–Crippen LogP) is 4.61. The van der Waals surface area contributed by atoms with Crippen molar-refractivity contribution in [2.24, 2.45) is 0 Å². The van der Waals surface area contributed by atoms with Gasteiger partial charge >= 0.3 is 6.36 Å². The van der Waals surface area contributed by atoms with Crippen molar-refractivity contribution < 1.29 is 27.5 Å². The van der Waals surface area contributed by atoms with Crippen LogP contribution in [-0.4, -0.2) is 50.3 Å². The quantitative estimate of drug-likeness (QED) is 0.539. The third kappa shape index (κ3) is 6.36. The van der Waals surface area contributed by atoms with Crippen molar-refractivity contribution in [3.8, 4) is 0 Å². The third-order valence-electron chi connectivity index (χ3n) is 6.19. The summed E-state index contributed by atoms with van der Waals surface area (Å²) in [6, 6.07) is 7.65. The first-order chi connectivity index (χ1) is 17.1. The summed E-state index contributed by atoms with van der Waals surface area (Å²) in [6.07, 6.45) is 4.72. The summed E-state index contributed by atoms with van der Waals surface area (Å²) in [7, 11) is 0. The molecule has 1 unspecified atom stereocenters. The molecule has 36 heavy (non-hydrogen) atoms. The van der Waals surface area contributed by atoms with E-state index in [1.54, 1.807) is 58.5 Å². The van der Waals surface area contributed by atoms with E-state index in [0.717, 1.165) is 12.8 Å². The molecule has 1 aliphatic carbocycles. The number of ether oxygens (including phenoxy) is 1. The van der Waals surface area contributed by atoms with Crippen LogP contribution in [0.25, 0.3) is 5.57 Å². The lowest BCUT2D eigenvalue weighted by atomic mass is 9.92. The Labute approximate surface area is 211 Å². The second kappa shape index (κ2) is 10.9. The normalized spacial score (nSPS) is 22.6. The Kier molecular flexibility index (Phi) is 7.85. The van der Waals surface area contributed by atoms with Gasteiger partial charge in [0, 0.05) is 49.6 Å². The van der Waals surface area contributed by atoms with Crippen LogP contribution >= 0.6 is 11.6 Å². The molecule has 1 N–H and O–H groups in total. The van der Waals surface area contributed by atoms with Gasteiger partial charge < -0.3 is 14.8 Å². The number of hydrogen-bond donors (Lipinski definition) is 1. The van der Waals surface area contributed by atoms with Crippen LogP contribution < -0.4 is 5.32 Å². The zero-order chi connectivity index (χ0) is 25.8. The standard InChI is InChI=1S/C25H26ClF3N4O3/c26-24(36-25(27,28)29)16-19(9-10-20(24)18-6-2-1-3-7-18)31-23(35)21-8-4-5-13-33(21)22(34)11-14-32-15-12-30-17-32/h1-3,6-7,9-10,12,15,17,21H,4-5,8,11,13-14,16H2,(H,31,35)/t21-,24?/m1/s1. The van der Waals surface area contributed by atoms with E-state index < -0.39 is 29.8 Å². The van der Waals surface area contributed by atoms with E-state index in [1.165, 1.54) is 12.2 Å². The zero-order valence-corrected chi connectivity index (χ0v) is 20.1. The number of rotatable bonds is 7. The first kappa shape index (κ1) is 26.0. The number of piperidine rings is 1. The van der Waals surface area contributed by atoms with Gasteiger partial charge in [-0.25, -0.2) is 4.98 Å². The van der Waals surface area contributed by atoms with E-state index in [4.69, 9.17) is 11.6 Å². The number of amides is 2. The van der Waals surface area contributed by atoms with E-state index in [-0.39, 0.29) is 23.6 Å². The number of hydrogen-bond acceptors (Lipinski definition) is 4. The van der Waals surface area contributed by atoms with Gasteiger partial charge in [-0.15, -0.1) is 13.2 Å². The summed E-state index contributed by atoms with van der Waals surface area (Å²) >= 11 is 6.42. The number of carbonyl (C=O) groups excluding carboxylic acids is 2. The topological polar surface area (TPSA) is 76.5 Å². The van der Waals surface area contributed by atoms with Crippen molar-refractivity contribution in [2.75, 3.05) is 6.54 Å². The van der Waals surface area contributed by atoms with Gasteiger partial charge in [-0.3, -0.25) is 14.3 Å². The molecule has 11 heteroatoms. The predicted molar refractivity (Wildman–Crippen MR) is 127 cm³/mol. The van der Waals surface area contributed by atoms with Crippen molar-refractivity contribution in [2.45, 2.75) is 56.1 Å². The molecule has 192 valence electrons. The van der Waals surface area contributed by atoms with Gasteiger partial charge in [-0.2, -0.15) is 0 Å². The maximum absolute atomic E-state index is 13.3. The molecule has 4 rings (SSSR count). The number of likely N-dealkylation sites (tertiary alicyclic amines) is 1. The van der Waals surface area contributed by atoms with Crippen LogP contribution in [0.3, 0.4) is 0 Å². The number of aromatic nitrogens is 2. The Hall–Kier alpha value is -3.11. The van der Waals surface area contributed by atoms with Crippen molar-refractivity contribution in [1.82, 2.24) is 19.8 Å². The molecular weight excluding hydrogens is 497 g/mol. The van der Waals surface area contributed by atoms with E-state index in [1.807, 2.05) is 0 Å². The molecule has 2 amide bonds. The van der Waals surface area contributed by atoms with Gasteiger partial charge in [-0.1, -0.05) is 48.0 Å². The van der Waals surface area contributed by atoms with Crippen LogP contribution in [-0.2, 0) is 20.9 Å². The van der Waals surface area contributed by atoms with Gasteiger partial charge in [0.2, 0.25) is 11.8 Å². The van der Waals surface area contributed by atoms with Crippen molar-refractivity contribution >= 4 is 29.0 Å². The molecule has 1 fully saturated rings. The van der Waals surface area contributed by atoms with Gasteiger partial charge in [0.1, 0.15) is 6.04 Å². The van der Waals surface area contributed by atoms with Gasteiger partial charge in [0.05, 0.1) is 6.33 Å². The van der Waals surface area contributed by atoms with Crippen molar-refractivity contribution in [3.05, 3.63) is 72.5 Å². The SMILES string of the molecule is O=C(NC1=CC=C(c2ccccc2)C(Cl)(OC(F)(F)F)C1)[C@H]1CCCCN1C(=O)CCn1ccnc1. The van der Waals surface area contributed by atoms with Gasteiger partial charge in [0.25, 0.3) is 0 Å². The monoisotopic (exact) mass is 522 g/mol. The Bertz CT molecular complexity index is 1140. The molecule has 1 aliphatic heterocycles. The minimum Gasteiger partial charge on any atom is -0.337 e. The lowest BCUT2D eigenvalue weighted by Gasteiger charge is -2.37. The first-order valence-corrected chi connectivity index (χ1v) is 12.0. The molecule has 2 aromatic rings. The number of benzene rings is 1. The van der Waals surface area contributed by atoms with Crippen molar-refractivity contribution in [3.63, 3.8) is 0 Å². The number of halogens is 4. The number of allylic oxidation sites excluding steroid dienone is 2. The summed E-state index contributed by atoms with van der Waals surface area (Å²) in [5, 5.41) is 0.433. The Morgan fingerprint density at radius 2 is 1.97 bits per heavy atom. The Morgan fingerprint density at radius 3 is 2.67 bits per heavy atom. The molecule has 0 bridgehead atoms. The van der Waals surface area contributed by atoms with Gasteiger partial charge in [0.15, 0.2) is 5.06 Å². The number of imidazole rings is 1. The van der Waals surface area contributed by atoms with Crippen molar-refractivity contribution in [1.29, 1.82) is 0 Å². The highest BCUT2D eigenvalue weighted by Crippen LogP contribution is 2.45. The van der Waals surface area contributed by atoms with E-state index >= 15 is 0 Å². The summed E-state index contributed by atoms with van der Waals surface area (Å²) in [5.41, 5.74) is 0.782. The number of nitrogens with zero attached hydrogens (tertiary/aromatic N) is 3. The molecule has 1 aromatic heterocycles. The minimum atomic E-state index is -5.00. The summed E-state index contributed by atoms with van der Waals surface area (Å²) in [6.45, 7) is 0.875. The lowest BCUT2D eigenvalue weighted by molar-refractivity contribution is -0.342. The minimum absolute atomic E-state index is 0.133. The molecule has 7 nitrogen and oxygen atoms in total. The molecule has 0 spiro atoms. The molecule has 0 saturated carbocycles. The van der Waals surface area contributed by atoms with Crippen LogP contribution in [0.1, 0.15) is 37.7 Å². The fourth-order valence-corrected chi connectivity index (χ4v) is 4.93.